The van der Waals surface area contributed by atoms with E-state index >= 15 is 0 Å². The predicted octanol–water partition coefficient (Wildman–Crippen LogP) is 5.01. The first kappa shape index (κ1) is 30.5. The predicted molar refractivity (Wildman–Crippen MR) is 157 cm³/mol. The molecule has 1 atom stereocenters. The van der Waals surface area contributed by atoms with Crippen LogP contribution in [-0.4, -0.2) is 55.1 Å². The van der Waals surface area contributed by atoms with Crippen LogP contribution < -0.4 is 5.32 Å². The Kier molecular flexibility index (Phi) is 11.3. The van der Waals surface area contributed by atoms with Gasteiger partial charge >= 0.3 is 0 Å². The van der Waals surface area contributed by atoms with Crippen molar-refractivity contribution in [1.29, 1.82) is 0 Å². The van der Waals surface area contributed by atoms with Crippen molar-refractivity contribution in [2.24, 2.45) is 0 Å². The van der Waals surface area contributed by atoms with Crippen LogP contribution in [0.15, 0.2) is 94.3 Å². The van der Waals surface area contributed by atoms with E-state index < -0.39 is 16.1 Å². The van der Waals surface area contributed by atoms with E-state index in [-0.39, 0.29) is 42.3 Å². The highest BCUT2D eigenvalue weighted by molar-refractivity contribution is 9.10. The maximum Gasteiger partial charge on any atom is 0.243 e. The molecule has 3 rings (SSSR count). The number of rotatable bonds is 13. The third-order valence-corrected chi connectivity index (χ3v) is 8.68. The zero-order valence-corrected chi connectivity index (χ0v) is 25.0. The van der Waals surface area contributed by atoms with E-state index in [2.05, 4.69) is 21.2 Å². The molecule has 0 bridgehead atoms. The summed E-state index contributed by atoms with van der Waals surface area (Å²) in [4.78, 5) is 29.0. The summed E-state index contributed by atoms with van der Waals surface area (Å²) < 4.78 is 28.0. The minimum Gasteiger partial charge on any atom is -0.352 e. The quantitative estimate of drug-likeness (QED) is 0.293. The summed E-state index contributed by atoms with van der Waals surface area (Å²) in [5.41, 5.74) is 1.84. The second-order valence-electron chi connectivity index (χ2n) is 9.76. The van der Waals surface area contributed by atoms with Gasteiger partial charge in [0.1, 0.15) is 6.04 Å². The number of nitrogens with one attached hydrogen (secondary N) is 1. The SMILES string of the molecule is CC(C)NC(=O)[C@@H](Cc1ccccc1)N(Cc1ccc(Br)cc1)C(=O)CCCN(C)S(=O)(=O)c1ccccc1. The number of hydrogen-bond acceptors (Lipinski definition) is 4. The van der Waals surface area contributed by atoms with E-state index in [9.17, 15) is 18.0 Å². The van der Waals surface area contributed by atoms with E-state index in [1.807, 2.05) is 68.4 Å². The molecule has 1 N–H and O–H groups in total. The van der Waals surface area contributed by atoms with Crippen LogP contribution in [0.2, 0.25) is 0 Å². The Morgan fingerprint density at radius 3 is 2.05 bits per heavy atom. The molecular formula is C30H36BrN3O4S. The standard InChI is InChI=1S/C30H36BrN3O4S/c1-23(2)32-30(36)28(21-24-11-6-4-7-12-24)34(22-25-16-18-26(31)19-17-25)29(35)15-10-20-33(3)39(37,38)27-13-8-5-9-14-27/h4-9,11-14,16-19,23,28H,10,15,20-22H2,1-3H3,(H,32,36)/t28-/m1/s1. The number of carbonyl (C=O) groups is 2. The number of halogens is 1. The highest BCUT2D eigenvalue weighted by atomic mass is 79.9. The molecule has 0 unspecified atom stereocenters. The van der Waals surface area contributed by atoms with Crippen molar-refractivity contribution in [3.8, 4) is 0 Å². The smallest absolute Gasteiger partial charge is 0.243 e. The third kappa shape index (κ3) is 9.02. The van der Waals surface area contributed by atoms with Crippen LogP contribution in [0, 0.1) is 0 Å². The van der Waals surface area contributed by atoms with Crippen LogP contribution in [0.3, 0.4) is 0 Å². The molecule has 208 valence electrons. The number of benzene rings is 3. The number of amides is 2. The van der Waals surface area contributed by atoms with Crippen molar-refractivity contribution < 1.29 is 18.0 Å². The van der Waals surface area contributed by atoms with Gasteiger partial charge in [0.25, 0.3) is 0 Å². The molecule has 9 heteroatoms. The number of nitrogens with zero attached hydrogens (tertiary/aromatic N) is 2. The van der Waals surface area contributed by atoms with E-state index in [0.717, 1.165) is 15.6 Å². The summed E-state index contributed by atoms with van der Waals surface area (Å²) in [6.07, 6.45) is 0.789. The normalized spacial score (nSPS) is 12.4. The van der Waals surface area contributed by atoms with Gasteiger partial charge in [-0.25, -0.2) is 12.7 Å². The van der Waals surface area contributed by atoms with Crippen molar-refractivity contribution in [3.05, 3.63) is 101 Å². The molecule has 0 aliphatic carbocycles. The second-order valence-corrected chi connectivity index (χ2v) is 12.7. The molecule has 0 aromatic heterocycles. The van der Waals surface area contributed by atoms with E-state index in [1.165, 1.54) is 11.4 Å². The minimum atomic E-state index is -3.65. The molecule has 3 aromatic rings. The Labute approximate surface area is 240 Å². The van der Waals surface area contributed by atoms with Crippen molar-refractivity contribution >= 4 is 37.8 Å². The van der Waals surface area contributed by atoms with Crippen LogP contribution in [-0.2, 0) is 32.6 Å². The average molecular weight is 615 g/mol. The van der Waals surface area contributed by atoms with Crippen molar-refractivity contribution in [1.82, 2.24) is 14.5 Å². The van der Waals surface area contributed by atoms with Crippen molar-refractivity contribution in [2.75, 3.05) is 13.6 Å². The molecule has 0 saturated carbocycles. The molecule has 0 fully saturated rings. The highest BCUT2D eigenvalue weighted by Crippen LogP contribution is 2.19. The zero-order valence-electron chi connectivity index (χ0n) is 22.6. The lowest BCUT2D eigenvalue weighted by atomic mass is 10.0. The maximum atomic E-state index is 13.7. The topological polar surface area (TPSA) is 86.8 Å². The fourth-order valence-electron chi connectivity index (χ4n) is 4.21. The molecule has 0 spiro atoms. The molecule has 0 heterocycles. The Hall–Kier alpha value is -3.01. The summed E-state index contributed by atoms with van der Waals surface area (Å²) in [7, 11) is -2.14. The Balaban J connectivity index is 1.81. The Morgan fingerprint density at radius 2 is 1.46 bits per heavy atom. The molecular weight excluding hydrogens is 578 g/mol. The van der Waals surface area contributed by atoms with Crippen LogP contribution >= 0.6 is 15.9 Å². The van der Waals surface area contributed by atoms with Crippen molar-refractivity contribution in [2.45, 2.75) is 56.6 Å². The lowest BCUT2D eigenvalue weighted by Crippen LogP contribution is -2.51. The van der Waals surface area contributed by atoms with Gasteiger partial charge in [-0.05, 0) is 55.7 Å². The lowest BCUT2D eigenvalue weighted by molar-refractivity contribution is -0.141. The zero-order chi connectivity index (χ0) is 28.4. The molecule has 0 aliphatic heterocycles. The van der Waals surface area contributed by atoms with Gasteiger partial charge in [0.15, 0.2) is 0 Å². The molecule has 7 nitrogen and oxygen atoms in total. The van der Waals surface area contributed by atoms with Crippen LogP contribution in [0.5, 0.6) is 0 Å². The first-order valence-electron chi connectivity index (χ1n) is 13.0. The van der Waals surface area contributed by atoms with E-state index in [4.69, 9.17) is 0 Å². The van der Waals surface area contributed by atoms with Gasteiger partial charge in [0, 0.05) is 43.5 Å². The molecule has 0 saturated heterocycles. The Morgan fingerprint density at radius 1 is 0.872 bits per heavy atom. The average Bonchev–Trinajstić information content (AvgIpc) is 2.92. The van der Waals surface area contributed by atoms with Gasteiger partial charge in [0.05, 0.1) is 4.90 Å². The second kappa shape index (κ2) is 14.4. The van der Waals surface area contributed by atoms with Crippen LogP contribution in [0.1, 0.15) is 37.8 Å². The van der Waals surface area contributed by atoms with Gasteiger partial charge in [-0.2, -0.15) is 0 Å². The minimum absolute atomic E-state index is 0.0859. The van der Waals surface area contributed by atoms with Gasteiger partial charge in [-0.3, -0.25) is 9.59 Å². The fourth-order valence-corrected chi connectivity index (χ4v) is 5.71. The van der Waals surface area contributed by atoms with Gasteiger partial charge in [-0.15, -0.1) is 0 Å². The summed E-state index contributed by atoms with van der Waals surface area (Å²) in [5, 5.41) is 2.98. The first-order valence-corrected chi connectivity index (χ1v) is 15.2. The molecule has 0 radical (unpaired) electrons. The number of hydrogen-bond donors (Lipinski definition) is 1. The largest absolute Gasteiger partial charge is 0.352 e. The molecule has 3 aromatic carbocycles. The third-order valence-electron chi connectivity index (χ3n) is 6.28. The highest BCUT2D eigenvalue weighted by Gasteiger charge is 2.31. The van der Waals surface area contributed by atoms with Gasteiger partial charge < -0.3 is 10.2 Å². The lowest BCUT2D eigenvalue weighted by Gasteiger charge is -2.32. The van der Waals surface area contributed by atoms with Crippen LogP contribution in [0.4, 0.5) is 0 Å². The summed E-state index contributed by atoms with van der Waals surface area (Å²) in [6.45, 7) is 4.21. The fraction of sp³-hybridized carbons (Fsp3) is 0.333. The molecule has 39 heavy (non-hydrogen) atoms. The van der Waals surface area contributed by atoms with Gasteiger partial charge in [0.2, 0.25) is 21.8 Å². The van der Waals surface area contributed by atoms with E-state index in [1.54, 1.807) is 35.2 Å². The maximum absolute atomic E-state index is 13.7. The molecule has 0 aliphatic rings. The Bertz CT molecular complexity index is 1320. The summed E-state index contributed by atoms with van der Waals surface area (Å²) in [6, 6.07) is 24.7. The monoisotopic (exact) mass is 613 g/mol. The first-order chi connectivity index (χ1) is 18.6. The molecule has 2 amide bonds. The number of sulfonamides is 1. The van der Waals surface area contributed by atoms with Gasteiger partial charge in [-0.1, -0.05) is 76.6 Å². The summed E-state index contributed by atoms with van der Waals surface area (Å²) in [5.74, 6) is -0.425. The van der Waals surface area contributed by atoms with Crippen LogP contribution in [0.25, 0.3) is 0 Å². The van der Waals surface area contributed by atoms with Crippen molar-refractivity contribution in [3.63, 3.8) is 0 Å². The summed E-state index contributed by atoms with van der Waals surface area (Å²) >= 11 is 3.45. The number of carbonyl (C=O) groups excluding carboxylic acids is 2. The van der Waals surface area contributed by atoms with E-state index in [0.29, 0.717) is 12.8 Å².